The predicted octanol–water partition coefficient (Wildman–Crippen LogP) is -0.484. The molecule has 1 aliphatic rings. The van der Waals surface area contributed by atoms with Gasteiger partial charge in [-0.1, -0.05) is 0 Å². The molecule has 0 aromatic carbocycles. The lowest BCUT2D eigenvalue weighted by Gasteiger charge is -1.94. The van der Waals surface area contributed by atoms with Gasteiger partial charge in [0.25, 0.3) is 0 Å². The van der Waals surface area contributed by atoms with Crippen LogP contribution in [0.2, 0.25) is 0 Å². The fourth-order valence-electron chi connectivity index (χ4n) is 0.641. The van der Waals surface area contributed by atoms with E-state index in [4.69, 9.17) is 0 Å². The van der Waals surface area contributed by atoms with Crippen molar-refractivity contribution in [2.75, 3.05) is 6.61 Å². The van der Waals surface area contributed by atoms with Gasteiger partial charge in [0.15, 0.2) is 18.5 Å². The third kappa shape index (κ3) is 1.33. The topological polar surface area (TPSA) is 55.9 Å². The maximum Gasteiger partial charge on any atom is 0.338 e. The molecule has 1 heterocycles. The Morgan fingerprint density at radius 1 is 1.80 bits per heavy atom. The minimum atomic E-state index is -0.627. The highest BCUT2D eigenvalue weighted by Crippen LogP contribution is 2.20. The number of hydrogen-bond acceptors (Lipinski definition) is 4. The van der Waals surface area contributed by atoms with Gasteiger partial charge in [0.1, 0.15) is 0 Å². The summed E-state index contributed by atoms with van der Waals surface area (Å²) >= 11 is 0. The maximum absolute atomic E-state index is 10.7. The number of aldehydes is 1. The molecule has 10 heavy (non-hydrogen) atoms. The smallest absolute Gasteiger partial charge is 0.338 e. The normalized spacial score (nSPS) is 29.3. The molecule has 0 aliphatic carbocycles. The largest absolute Gasteiger partial charge is 0.464 e. The van der Waals surface area contributed by atoms with Gasteiger partial charge in [-0.05, 0) is 6.92 Å². The Labute approximate surface area is 58.1 Å². The Hall–Kier alpha value is -0.900. The molecule has 0 unspecified atom stereocenters. The SMILES string of the molecule is CCOC(=O)[C@@H]1O[C@@H]1C=O. The standard InChI is InChI=1S/C6H8O4/c1-2-9-6(8)5-4(3-7)10-5/h3-5H,2H2,1H3/t4-,5-/m1/s1. The van der Waals surface area contributed by atoms with Gasteiger partial charge in [-0.2, -0.15) is 0 Å². The van der Waals surface area contributed by atoms with E-state index >= 15 is 0 Å². The highest BCUT2D eigenvalue weighted by molar-refractivity contribution is 5.84. The zero-order valence-electron chi connectivity index (χ0n) is 5.57. The first kappa shape index (κ1) is 7.21. The van der Waals surface area contributed by atoms with Crippen molar-refractivity contribution in [2.45, 2.75) is 19.1 Å². The summed E-state index contributed by atoms with van der Waals surface area (Å²) in [5, 5.41) is 0. The molecule has 0 saturated carbocycles. The molecule has 1 rings (SSSR count). The van der Waals surface area contributed by atoms with Crippen molar-refractivity contribution >= 4 is 12.3 Å². The van der Waals surface area contributed by atoms with Crippen molar-refractivity contribution in [3.63, 3.8) is 0 Å². The van der Waals surface area contributed by atoms with Crippen LogP contribution in [0, 0.1) is 0 Å². The van der Waals surface area contributed by atoms with Crippen molar-refractivity contribution < 1.29 is 19.1 Å². The highest BCUT2D eigenvalue weighted by atomic mass is 16.6. The number of esters is 1. The van der Waals surface area contributed by atoms with Gasteiger partial charge in [0.05, 0.1) is 6.61 Å². The third-order valence-electron chi connectivity index (χ3n) is 1.18. The van der Waals surface area contributed by atoms with Gasteiger partial charge in [-0.25, -0.2) is 4.79 Å². The number of ether oxygens (including phenoxy) is 2. The molecular weight excluding hydrogens is 136 g/mol. The fourth-order valence-corrected chi connectivity index (χ4v) is 0.641. The molecule has 1 aliphatic heterocycles. The molecule has 0 bridgehead atoms. The van der Waals surface area contributed by atoms with Gasteiger partial charge in [-0.3, -0.25) is 0 Å². The van der Waals surface area contributed by atoms with Crippen LogP contribution in [0.3, 0.4) is 0 Å². The molecular formula is C6H8O4. The van der Waals surface area contributed by atoms with Crippen LogP contribution in [0.1, 0.15) is 6.92 Å². The van der Waals surface area contributed by atoms with E-state index < -0.39 is 18.2 Å². The van der Waals surface area contributed by atoms with Crippen molar-refractivity contribution in [1.29, 1.82) is 0 Å². The average molecular weight is 144 g/mol. The van der Waals surface area contributed by atoms with E-state index in [1.807, 2.05) is 0 Å². The van der Waals surface area contributed by atoms with E-state index in [1.54, 1.807) is 6.92 Å². The molecule has 56 valence electrons. The Bertz CT molecular complexity index is 154. The Balaban J connectivity index is 2.25. The minimum absolute atomic E-state index is 0.324. The zero-order valence-corrected chi connectivity index (χ0v) is 5.57. The maximum atomic E-state index is 10.7. The van der Waals surface area contributed by atoms with Gasteiger partial charge >= 0.3 is 5.97 Å². The highest BCUT2D eigenvalue weighted by Gasteiger charge is 2.46. The molecule has 1 saturated heterocycles. The van der Waals surface area contributed by atoms with Crippen LogP contribution in [0.5, 0.6) is 0 Å². The summed E-state index contributed by atoms with van der Waals surface area (Å²) in [5.74, 6) is -0.445. The van der Waals surface area contributed by atoms with Gasteiger partial charge in [0.2, 0.25) is 0 Å². The van der Waals surface area contributed by atoms with Crippen LogP contribution in [0.25, 0.3) is 0 Å². The van der Waals surface area contributed by atoms with Gasteiger partial charge < -0.3 is 14.3 Å². The quantitative estimate of drug-likeness (QED) is 0.305. The lowest BCUT2D eigenvalue weighted by atomic mass is 10.3. The van der Waals surface area contributed by atoms with Crippen LogP contribution < -0.4 is 0 Å². The van der Waals surface area contributed by atoms with E-state index in [-0.39, 0.29) is 0 Å². The van der Waals surface area contributed by atoms with Crippen LogP contribution >= 0.6 is 0 Å². The number of epoxide rings is 1. The first-order valence-corrected chi connectivity index (χ1v) is 3.07. The van der Waals surface area contributed by atoms with Crippen LogP contribution in [0.15, 0.2) is 0 Å². The number of carbonyl (C=O) groups excluding carboxylic acids is 2. The summed E-state index contributed by atoms with van der Waals surface area (Å²) in [7, 11) is 0. The van der Waals surface area contributed by atoms with Gasteiger partial charge in [0, 0.05) is 0 Å². The summed E-state index contributed by atoms with van der Waals surface area (Å²) in [6.07, 6.45) is -0.585. The number of carbonyl (C=O) groups is 2. The van der Waals surface area contributed by atoms with Crippen molar-refractivity contribution in [3.8, 4) is 0 Å². The first-order chi connectivity index (χ1) is 4.79. The monoisotopic (exact) mass is 144 g/mol. The summed E-state index contributed by atoms with van der Waals surface area (Å²) < 4.78 is 9.21. The lowest BCUT2D eigenvalue weighted by Crippen LogP contribution is -2.13. The molecule has 2 atom stereocenters. The molecule has 0 spiro atoms. The number of rotatable bonds is 3. The van der Waals surface area contributed by atoms with E-state index in [2.05, 4.69) is 9.47 Å². The van der Waals surface area contributed by atoms with Gasteiger partial charge in [-0.15, -0.1) is 0 Å². The van der Waals surface area contributed by atoms with Crippen molar-refractivity contribution in [1.82, 2.24) is 0 Å². The van der Waals surface area contributed by atoms with Crippen molar-refractivity contribution in [2.24, 2.45) is 0 Å². The molecule has 4 heteroatoms. The molecule has 0 aromatic heterocycles. The zero-order chi connectivity index (χ0) is 7.56. The first-order valence-electron chi connectivity index (χ1n) is 3.07. The lowest BCUT2D eigenvalue weighted by molar-refractivity contribution is -0.144. The molecule has 1 fully saturated rings. The summed E-state index contributed by atoms with van der Waals surface area (Å²) in [6.45, 7) is 2.03. The van der Waals surface area contributed by atoms with Crippen molar-refractivity contribution in [3.05, 3.63) is 0 Å². The van der Waals surface area contributed by atoms with E-state index in [9.17, 15) is 9.59 Å². The molecule has 0 N–H and O–H groups in total. The van der Waals surface area contributed by atoms with Crippen LogP contribution in [-0.4, -0.2) is 31.1 Å². The second kappa shape index (κ2) is 2.79. The second-order valence-electron chi connectivity index (χ2n) is 1.91. The summed E-state index contributed by atoms with van der Waals surface area (Å²) in [5.41, 5.74) is 0. The molecule has 0 aromatic rings. The summed E-state index contributed by atoms with van der Waals surface area (Å²) in [6, 6.07) is 0. The molecule has 0 radical (unpaired) electrons. The van der Waals surface area contributed by atoms with Crippen LogP contribution in [0.4, 0.5) is 0 Å². The van der Waals surface area contributed by atoms with E-state index in [0.717, 1.165) is 0 Å². The molecule has 0 amide bonds. The Morgan fingerprint density at radius 2 is 2.50 bits per heavy atom. The number of hydrogen-bond donors (Lipinski definition) is 0. The fraction of sp³-hybridized carbons (Fsp3) is 0.667. The Morgan fingerprint density at radius 3 is 2.90 bits per heavy atom. The average Bonchev–Trinajstić information content (AvgIpc) is 2.66. The van der Waals surface area contributed by atoms with Crippen LogP contribution in [-0.2, 0) is 19.1 Å². The third-order valence-corrected chi connectivity index (χ3v) is 1.18. The molecule has 4 nitrogen and oxygen atoms in total. The Kier molecular flexibility index (Phi) is 2.01. The minimum Gasteiger partial charge on any atom is -0.464 e. The van der Waals surface area contributed by atoms with E-state index in [1.165, 1.54) is 0 Å². The van der Waals surface area contributed by atoms with E-state index in [0.29, 0.717) is 12.9 Å². The predicted molar refractivity (Wildman–Crippen MR) is 31.4 cm³/mol. The second-order valence-corrected chi connectivity index (χ2v) is 1.91. The summed E-state index contributed by atoms with van der Waals surface area (Å²) in [4.78, 5) is 20.6.